The maximum Gasteiger partial charge on any atom is 0.156 e. The average Bonchev–Trinajstić information content (AvgIpc) is 2.08. The number of aliphatic hydroxyl groups excluding tert-OH is 1. The molecule has 0 saturated heterocycles. The molecule has 0 bridgehead atoms. The van der Waals surface area contributed by atoms with E-state index in [1.54, 1.807) is 27.7 Å². The van der Waals surface area contributed by atoms with Crippen LogP contribution in [0.2, 0.25) is 0 Å². The molecule has 0 spiro atoms. The lowest BCUT2D eigenvalue weighted by Crippen LogP contribution is -2.35. The minimum Gasteiger partial charge on any atom is -0.393 e. The van der Waals surface area contributed by atoms with Crippen LogP contribution < -0.4 is 5.32 Å². The van der Waals surface area contributed by atoms with Crippen LogP contribution in [0.3, 0.4) is 0 Å². The summed E-state index contributed by atoms with van der Waals surface area (Å²) in [6, 6.07) is 0. The van der Waals surface area contributed by atoms with Crippen LogP contribution in [-0.4, -0.2) is 43.2 Å². The van der Waals surface area contributed by atoms with E-state index in [1.165, 1.54) is 0 Å². The molecule has 2 N–H and O–H groups in total. The zero-order valence-corrected chi connectivity index (χ0v) is 11.6. The van der Waals surface area contributed by atoms with Gasteiger partial charge in [-0.15, -0.1) is 0 Å². The van der Waals surface area contributed by atoms with Crippen LogP contribution in [0.15, 0.2) is 0 Å². The largest absolute Gasteiger partial charge is 0.393 e. The highest BCUT2D eigenvalue weighted by molar-refractivity contribution is 7.92. The molecule has 0 aliphatic rings. The second-order valence-corrected chi connectivity index (χ2v) is 8.03. The van der Waals surface area contributed by atoms with Crippen molar-refractivity contribution in [2.24, 2.45) is 0 Å². The van der Waals surface area contributed by atoms with Crippen LogP contribution in [0.5, 0.6) is 0 Å². The third-order valence-electron chi connectivity index (χ3n) is 2.46. The topological polar surface area (TPSA) is 66.4 Å². The van der Waals surface area contributed by atoms with E-state index in [0.29, 0.717) is 6.54 Å². The van der Waals surface area contributed by atoms with Gasteiger partial charge in [0.05, 0.1) is 16.6 Å². The van der Waals surface area contributed by atoms with E-state index in [9.17, 15) is 8.42 Å². The predicted octanol–water partition coefficient (Wildman–Crippen LogP) is 0.950. The highest BCUT2D eigenvalue weighted by atomic mass is 32.2. The van der Waals surface area contributed by atoms with Gasteiger partial charge in [0, 0.05) is 6.54 Å². The molecule has 0 aliphatic heterocycles. The van der Waals surface area contributed by atoms with Gasteiger partial charge in [-0.25, -0.2) is 8.42 Å². The summed E-state index contributed by atoms with van der Waals surface area (Å²) >= 11 is 0. The summed E-state index contributed by atoms with van der Waals surface area (Å²) in [5, 5.41) is 12.1. The Balaban J connectivity index is 3.68. The highest BCUT2D eigenvalue weighted by Gasteiger charge is 2.27. The quantitative estimate of drug-likeness (QED) is 0.661. The summed E-state index contributed by atoms with van der Waals surface area (Å²) in [6.07, 6.45) is 1.34. The van der Waals surface area contributed by atoms with E-state index in [2.05, 4.69) is 5.32 Å². The molecule has 5 heteroatoms. The van der Waals surface area contributed by atoms with E-state index in [-0.39, 0.29) is 11.9 Å². The number of aliphatic hydroxyl groups is 1. The monoisotopic (exact) mass is 251 g/mol. The zero-order valence-electron chi connectivity index (χ0n) is 10.8. The van der Waals surface area contributed by atoms with Crippen molar-refractivity contribution in [2.45, 2.75) is 51.4 Å². The summed E-state index contributed by atoms with van der Waals surface area (Å²) in [6.45, 7) is 8.15. The predicted molar refractivity (Wildman–Crippen MR) is 67.3 cm³/mol. The molecular formula is C11H25NO3S. The lowest BCUT2D eigenvalue weighted by Gasteiger charge is -2.19. The van der Waals surface area contributed by atoms with Crippen molar-refractivity contribution in [3.8, 4) is 0 Å². The van der Waals surface area contributed by atoms with Crippen molar-refractivity contribution in [1.29, 1.82) is 0 Å². The third-order valence-corrected chi connectivity index (χ3v) is 5.06. The van der Waals surface area contributed by atoms with E-state index in [1.807, 2.05) is 0 Å². The molecule has 4 nitrogen and oxygen atoms in total. The summed E-state index contributed by atoms with van der Waals surface area (Å²) in [4.78, 5) is 0. The molecule has 0 saturated carbocycles. The smallest absolute Gasteiger partial charge is 0.156 e. The Hall–Kier alpha value is -0.130. The standard InChI is InChI=1S/C11H25NO3S/c1-10(13)6-5-7-12-8-9-16(14,15)11(2,3)4/h10,12-13H,5-9H2,1-4H3. The number of sulfone groups is 1. The Morgan fingerprint density at radius 1 is 1.25 bits per heavy atom. The van der Waals surface area contributed by atoms with Gasteiger partial charge in [0.1, 0.15) is 0 Å². The third kappa shape index (κ3) is 6.45. The number of nitrogens with one attached hydrogen (secondary N) is 1. The van der Waals surface area contributed by atoms with Crippen molar-refractivity contribution in [3.05, 3.63) is 0 Å². The Bertz CT molecular complexity index is 278. The minimum atomic E-state index is -3.01. The van der Waals surface area contributed by atoms with Crippen molar-refractivity contribution in [2.75, 3.05) is 18.8 Å². The molecule has 0 aromatic heterocycles. The fourth-order valence-electron chi connectivity index (χ4n) is 1.16. The second kappa shape index (κ2) is 6.57. The van der Waals surface area contributed by atoms with Gasteiger partial charge in [0.15, 0.2) is 9.84 Å². The van der Waals surface area contributed by atoms with Gasteiger partial charge >= 0.3 is 0 Å². The number of hydrogen-bond acceptors (Lipinski definition) is 4. The highest BCUT2D eigenvalue weighted by Crippen LogP contribution is 2.15. The number of rotatable bonds is 7. The molecule has 1 atom stereocenters. The van der Waals surface area contributed by atoms with Crippen LogP contribution in [0.1, 0.15) is 40.5 Å². The maximum atomic E-state index is 11.7. The van der Waals surface area contributed by atoms with E-state index >= 15 is 0 Å². The Kier molecular flexibility index (Phi) is 6.51. The molecule has 0 heterocycles. The summed E-state index contributed by atoms with van der Waals surface area (Å²) in [7, 11) is -3.01. The maximum absolute atomic E-state index is 11.7. The van der Waals surface area contributed by atoms with Gasteiger partial charge in [-0.2, -0.15) is 0 Å². The summed E-state index contributed by atoms with van der Waals surface area (Å²) in [5.41, 5.74) is 0. The Morgan fingerprint density at radius 3 is 2.25 bits per heavy atom. The molecular weight excluding hydrogens is 226 g/mol. The minimum absolute atomic E-state index is 0.172. The van der Waals surface area contributed by atoms with Crippen LogP contribution in [0.4, 0.5) is 0 Å². The molecule has 98 valence electrons. The van der Waals surface area contributed by atoms with E-state index in [4.69, 9.17) is 5.11 Å². The first-order valence-corrected chi connectivity index (χ1v) is 7.43. The molecule has 0 rings (SSSR count). The number of hydrogen-bond donors (Lipinski definition) is 2. The fourth-order valence-corrected chi connectivity index (χ4v) is 2.19. The van der Waals surface area contributed by atoms with Crippen LogP contribution >= 0.6 is 0 Å². The molecule has 0 amide bonds. The zero-order chi connectivity index (χ0) is 12.8. The first-order chi connectivity index (χ1) is 7.17. The van der Waals surface area contributed by atoms with Gasteiger partial charge in [0.2, 0.25) is 0 Å². The van der Waals surface area contributed by atoms with Crippen molar-refractivity contribution in [3.63, 3.8) is 0 Å². The van der Waals surface area contributed by atoms with Gasteiger partial charge < -0.3 is 10.4 Å². The summed E-state index contributed by atoms with van der Waals surface area (Å²) in [5.74, 6) is 0.172. The average molecular weight is 251 g/mol. The summed E-state index contributed by atoms with van der Waals surface area (Å²) < 4.78 is 22.8. The van der Waals surface area contributed by atoms with Crippen molar-refractivity contribution < 1.29 is 13.5 Å². The lowest BCUT2D eigenvalue weighted by molar-refractivity contribution is 0.181. The van der Waals surface area contributed by atoms with Crippen LogP contribution in [0.25, 0.3) is 0 Å². The van der Waals surface area contributed by atoms with Gasteiger partial charge in [-0.05, 0) is 47.1 Å². The molecule has 0 aromatic rings. The normalized spacial score (nSPS) is 15.1. The fraction of sp³-hybridized carbons (Fsp3) is 1.00. The molecule has 0 radical (unpaired) electrons. The van der Waals surface area contributed by atoms with Crippen LogP contribution in [-0.2, 0) is 9.84 Å². The lowest BCUT2D eigenvalue weighted by atomic mass is 10.2. The van der Waals surface area contributed by atoms with Crippen molar-refractivity contribution >= 4 is 9.84 Å². The Labute approximate surface area is 99.4 Å². The van der Waals surface area contributed by atoms with Gasteiger partial charge in [0.25, 0.3) is 0 Å². The second-order valence-electron chi connectivity index (χ2n) is 5.17. The first-order valence-electron chi connectivity index (χ1n) is 5.78. The van der Waals surface area contributed by atoms with Crippen molar-refractivity contribution in [1.82, 2.24) is 5.32 Å². The van der Waals surface area contributed by atoms with Gasteiger partial charge in [-0.3, -0.25) is 0 Å². The first kappa shape index (κ1) is 15.9. The van der Waals surface area contributed by atoms with E-state index in [0.717, 1.165) is 19.4 Å². The van der Waals surface area contributed by atoms with E-state index < -0.39 is 14.6 Å². The molecule has 16 heavy (non-hydrogen) atoms. The SMILES string of the molecule is CC(O)CCCNCCS(=O)(=O)C(C)(C)C. The molecule has 1 unspecified atom stereocenters. The molecule has 0 fully saturated rings. The Morgan fingerprint density at radius 2 is 1.81 bits per heavy atom. The van der Waals surface area contributed by atoms with Gasteiger partial charge in [-0.1, -0.05) is 0 Å². The van der Waals surface area contributed by atoms with Crippen LogP contribution in [0, 0.1) is 0 Å². The molecule has 0 aliphatic carbocycles. The molecule has 0 aromatic carbocycles.